The summed E-state index contributed by atoms with van der Waals surface area (Å²) in [6, 6.07) is 4.49. The topological polar surface area (TPSA) is 63.3 Å². The summed E-state index contributed by atoms with van der Waals surface area (Å²) >= 11 is 0. The monoisotopic (exact) mass is 360 g/mol. The summed E-state index contributed by atoms with van der Waals surface area (Å²) in [6.45, 7) is 2.59. The highest BCUT2D eigenvalue weighted by Gasteiger charge is 2.14. The zero-order chi connectivity index (χ0) is 12.1. The van der Waals surface area contributed by atoms with Gasteiger partial charge in [-0.3, -0.25) is 4.98 Å². The van der Waals surface area contributed by atoms with Crippen molar-refractivity contribution in [2.75, 3.05) is 0 Å². The van der Waals surface area contributed by atoms with Crippen LogP contribution in [0.3, 0.4) is 0 Å². The average Bonchev–Trinajstić information content (AvgIpc) is 2.81. The number of halogens is 1. The first-order valence-electron chi connectivity index (χ1n) is 6.22. The number of aromatic nitrogens is 1. The molecule has 100 valence electrons. The molecule has 1 aromatic heterocycles. The minimum atomic E-state index is 0. The molecule has 5 heteroatoms. The quantitative estimate of drug-likeness (QED) is 0.494. The molecule has 1 aliphatic rings. The Morgan fingerprint density at radius 1 is 1.50 bits per heavy atom. The van der Waals surface area contributed by atoms with Gasteiger partial charge in [-0.1, -0.05) is 18.9 Å². The molecule has 1 saturated carbocycles. The highest BCUT2D eigenvalue weighted by Crippen LogP contribution is 2.17. The molecule has 2 rings (SSSR count). The SMILES string of the molecule is Cc1cccnc1CN=C(N)NC1CCCC1.I. The van der Waals surface area contributed by atoms with Crippen molar-refractivity contribution in [2.24, 2.45) is 10.7 Å². The number of pyridine rings is 1. The number of hydrogen-bond donors (Lipinski definition) is 2. The Balaban J connectivity index is 0.00000162. The number of aryl methyl sites for hydroxylation is 1. The van der Waals surface area contributed by atoms with Gasteiger partial charge in [0, 0.05) is 12.2 Å². The van der Waals surface area contributed by atoms with Crippen LogP contribution >= 0.6 is 24.0 Å². The number of aliphatic imine (C=N–C) groups is 1. The van der Waals surface area contributed by atoms with Crippen molar-refractivity contribution in [1.29, 1.82) is 0 Å². The summed E-state index contributed by atoms with van der Waals surface area (Å²) < 4.78 is 0. The van der Waals surface area contributed by atoms with Crippen molar-refractivity contribution in [1.82, 2.24) is 10.3 Å². The summed E-state index contributed by atoms with van der Waals surface area (Å²) in [5.41, 5.74) is 8.01. The molecule has 0 radical (unpaired) electrons. The van der Waals surface area contributed by atoms with E-state index in [9.17, 15) is 0 Å². The van der Waals surface area contributed by atoms with Crippen LogP contribution in [0.2, 0.25) is 0 Å². The summed E-state index contributed by atoms with van der Waals surface area (Å²) in [4.78, 5) is 8.63. The van der Waals surface area contributed by atoms with Gasteiger partial charge < -0.3 is 11.1 Å². The van der Waals surface area contributed by atoms with E-state index in [1.165, 1.54) is 25.7 Å². The minimum Gasteiger partial charge on any atom is -0.370 e. The molecule has 0 aromatic carbocycles. The number of nitrogens with two attached hydrogens (primary N) is 1. The third-order valence-corrected chi connectivity index (χ3v) is 3.22. The van der Waals surface area contributed by atoms with Crippen molar-refractivity contribution in [3.05, 3.63) is 29.6 Å². The van der Waals surface area contributed by atoms with E-state index >= 15 is 0 Å². The fourth-order valence-corrected chi connectivity index (χ4v) is 2.17. The van der Waals surface area contributed by atoms with Crippen molar-refractivity contribution in [3.63, 3.8) is 0 Å². The second-order valence-electron chi connectivity index (χ2n) is 4.59. The van der Waals surface area contributed by atoms with Crippen LogP contribution in [0, 0.1) is 6.92 Å². The Hall–Kier alpha value is -0.850. The van der Waals surface area contributed by atoms with Crippen molar-refractivity contribution in [2.45, 2.75) is 45.2 Å². The third kappa shape index (κ3) is 4.44. The normalized spacial score (nSPS) is 16.4. The molecule has 18 heavy (non-hydrogen) atoms. The standard InChI is InChI=1S/C13H20N4.HI/c1-10-5-4-8-15-12(10)9-16-13(14)17-11-6-2-3-7-11;/h4-5,8,11H,2-3,6-7,9H2,1H3,(H3,14,16,17);1H. The first-order chi connectivity index (χ1) is 8.25. The second-order valence-corrected chi connectivity index (χ2v) is 4.59. The molecule has 1 heterocycles. The van der Waals surface area contributed by atoms with Gasteiger partial charge in [-0.2, -0.15) is 0 Å². The van der Waals surface area contributed by atoms with E-state index < -0.39 is 0 Å². The number of rotatable bonds is 3. The largest absolute Gasteiger partial charge is 0.370 e. The molecule has 0 atom stereocenters. The van der Waals surface area contributed by atoms with Crippen LogP contribution in [0.25, 0.3) is 0 Å². The maximum atomic E-state index is 5.86. The van der Waals surface area contributed by atoms with E-state index in [-0.39, 0.29) is 24.0 Å². The Morgan fingerprint density at radius 3 is 2.89 bits per heavy atom. The van der Waals surface area contributed by atoms with Crippen molar-refractivity contribution < 1.29 is 0 Å². The highest BCUT2D eigenvalue weighted by molar-refractivity contribution is 14.0. The lowest BCUT2D eigenvalue weighted by atomic mass is 10.2. The molecule has 4 nitrogen and oxygen atoms in total. The van der Waals surface area contributed by atoms with E-state index in [1.54, 1.807) is 6.20 Å². The van der Waals surface area contributed by atoms with Crippen LogP contribution in [-0.4, -0.2) is 17.0 Å². The van der Waals surface area contributed by atoms with Crippen LogP contribution in [0.5, 0.6) is 0 Å². The molecule has 3 N–H and O–H groups in total. The lowest BCUT2D eigenvalue weighted by Gasteiger charge is -2.12. The van der Waals surface area contributed by atoms with Crippen LogP contribution in [-0.2, 0) is 6.54 Å². The van der Waals surface area contributed by atoms with Gasteiger partial charge in [0.1, 0.15) is 0 Å². The Morgan fingerprint density at radius 2 is 2.22 bits per heavy atom. The van der Waals surface area contributed by atoms with Gasteiger partial charge in [-0.15, -0.1) is 24.0 Å². The van der Waals surface area contributed by atoms with Crippen LogP contribution < -0.4 is 11.1 Å². The first kappa shape index (κ1) is 15.2. The Labute approximate surface area is 125 Å². The fourth-order valence-electron chi connectivity index (χ4n) is 2.17. The molecular formula is C13H21IN4. The Bertz CT molecular complexity index is 400. The van der Waals surface area contributed by atoms with Crippen LogP contribution in [0.1, 0.15) is 36.9 Å². The molecule has 0 unspecified atom stereocenters. The maximum Gasteiger partial charge on any atom is 0.189 e. The van der Waals surface area contributed by atoms with Crippen LogP contribution in [0.15, 0.2) is 23.3 Å². The second kappa shape index (κ2) is 7.56. The van der Waals surface area contributed by atoms with E-state index in [0.717, 1.165) is 11.3 Å². The molecule has 0 spiro atoms. The third-order valence-electron chi connectivity index (χ3n) is 3.22. The molecule has 0 amide bonds. The summed E-state index contributed by atoms with van der Waals surface area (Å²) in [5, 5.41) is 3.27. The molecule has 0 saturated heterocycles. The number of nitrogens with one attached hydrogen (secondary N) is 1. The van der Waals surface area contributed by atoms with Gasteiger partial charge in [0.2, 0.25) is 0 Å². The molecule has 0 aliphatic heterocycles. The van der Waals surface area contributed by atoms with Crippen molar-refractivity contribution >= 4 is 29.9 Å². The molecule has 0 bridgehead atoms. The summed E-state index contributed by atoms with van der Waals surface area (Å²) in [7, 11) is 0. The predicted octanol–water partition coefficient (Wildman–Crippen LogP) is 2.35. The maximum absolute atomic E-state index is 5.86. The smallest absolute Gasteiger partial charge is 0.189 e. The molecular weight excluding hydrogens is 339 g/mol. The highest BCUT2D eigenvalue weighted by atomic mass is 127. The minimum absolute atomic E-state index is 0. The first-order valence-corrected chi connectivity index (χ1v) is 6.22. The molecule has 1 aromatic rings. The lowest BCUT2D eigenvalue weighted by Crippen LogP contribution is -2.38. The number of hydrogen-bond acceptors (Lipinski definition) is 2. The number of nitrogens with zero attached hydrogens (tertiary/aromatic N) is 2. The van der Waals surface area contributed by atoms with Gasteiger partial charge in [0.15, 0.2) is 5.96 Å². The van der Waals surface area contributed by atoms with E-state index in [1.807, 2.05) is 19.1 Å². The van der Waals surface area contributed by atoms with Gasteiger partial charge in [-0.05, 0) is 31.4 Å². The van der Waals surface area contributed by atoms with Gasteiger partial charge in [0.25, 0.3) is 0 Å². The van der Waals surface area contributed by atoms with Crippen LogP contribution in [0.4, 0.5) is 0 Å². The van der Waals surface area contributed by atoms with E-state index in [4.69, 9.17) is 5.73 Å². The van der Waals surface area contributed by atoms with Gasteiger partial charge in [-0.25, -0.2) is 4.99 Å². The average molecular weight is 360 g/mol. The Kier molecular flexibility index (Phi) is 6.38. The summed E-state index contributed by atoms with van der Waals surface area (Å²) in [6.07, 6.45) is 6.80. The van der Waals surface area contributed by atoms with E-state index in [0.29, 0.717) is 18.5 Å². The fraction of sp³-hybridized carbons (Fsp3) is 0.538. The molecule has 1 fully saturated rings. The lowest BCUT2D eigenvalue weighted by molar-refractivity contribution is 0.625. The zero-order valence-electron chi connectivity index (χ0n) is 10.7. The van der Waals surface area contributed by atoms with Gasteiger partial charge >= 0.3 is 0 Å². The van der Waals surface area contributed by atoms with Crippen molar-refractivity contribution in [3.8, 4) is 0 Å². The zero-order valence-corrected chi connectivity index (χ0v) is 13.1. The van der Waals surface area contributed by atoms with Gasteiger partial charge in [0.05, 0.1) is 12.2 Å². The van der Waals surface area contributed by atoms with E-state index in [2.05, 4.69) is 15.3 Å². The number of guanidine groups is 1. The molecule has 1 aliphatic carbocycles. The summed E-state index contributed by atoms with van der Waals surface area (Å²) in [5.74, 6) is 0.543. The predicted molar refractivity (Wildman–Crippen MR) is 85.1 cm³/mol.